The van der Waals surface area contributed by atoms with E-state index in [0.29, 0.717) is 13.1 Å². The van der Waals surface area contributed by atoms with Crippen LogP contribution in [0.1, 0.15) is 29.7 Å². The number of halogens is 1. The fourth-order valence-corrected chi connectivity index (χ4v) is 5.30. The Balaban J connectivity index is 1.51. The van der Waals surface area contributed by atoms with Crippen LogP contribution in [-0.2, 0) is 26.3 Å². The van der Waals surface area contributed by atoms with Gasteiger partial charge in [0.1, 0.15) is 5.82 Å². The van der Waals surface area contributed by atoms with Crippen molar-refractivity contribution in [3.63, 3.8) is 0 Å². The molecule has 2 aromatic rings. The first-order valence-electron chi connectivity index (χ1n) is 10.5. The van der Waals surface area contributed by atoms with Crippen molar-refractivity contribution >= 4 is 29.1 Å². The number of likely N-dealkylation sites (tertiary alicyclic amines) is 1. The quantitative estimate of drug-likeness (QED) is 0.667. The van der Waals surface area contributed by atoms with Crippen LogP contribution < -0.4 is 0 Å². The molecule has 31 heavy (non-hydrogen) atoms. The summed E-state index contributed by atoms with van der Waals surface area (Å²) < 4.78 is 14.7. The molecule has 0 spiro atoms. The molecule has 6 nitrogen and oxygen atoms in total. The zero-order chi connectivity index (χ0) is 22.0. The van der Waals surface area contributed by atoms with Gasteiger partial charge in [0.15, 0.2) is 0 Å². The minimum Gasteiger partial charge on any atom is -0.341 e. The number of benzene rings is 1. The first kappa shape index (κ1) is 21.6. The van der Waals surface area contributed by atoms with E-state index in [1.807, 2.05) is 6.07 Å². The SMILES string of the molecule is CN1C(=O)C[C@](CC(=O)N2CCCN(Cc3cccs3)CC2)(c2ccccc2F)C1=O. The third kappa shape index (κ3) is 4.27. The maximum atomic E-state index is 14.7. The Labute approximate surface area is 185 Å². The highest BCUT2D eigenvalue weighted by Gasteiger charge is 2.54. The van der Waals surface area contributed by atoms with Crippen LogP contribution in [0.3, 0.4) is 0 Å². The second kappa shape index (κ2) is 8.88. The summed E-state index contributed by atoms with van der Waals surface area (Å²) >= 11 is 1.72. The maximum Gasteiger partial charge on any atom is 0.240 e. The number of hydrogen-bond donors (Lipinski definition) is 0. The average Bonchev–Trinajstić information content (AvgIpc) is 3.24. The van der Waals surface area contributed by atoms with Gasteiger partial charge in [-0.05, 0) is 23.9 Å². The van der Waals surface area contributed by atoms with E-state index >= 15 is 0 Å². The molecule has 4 rings (SSSR count). The van der Waals surface area contributed by atoms with Gasteiger partial charge in [-0.2, -0.15) is 0 Å². The van der Waals surface area contributed by atoms with Crippen LogP contribution in [0, 0.1) is 5.82 Å². The van der Waals surface area contributed by atoms with E-state index in [1.54, 1.807) is 22.3 Å². The first-order valence-corrected chi connectivity index (χ1v) is 11.4. The van der Waals surface area contributed by atoms with Gasteiger partial charge in [0.05, 0.1) is 5.41 Å². The summed E-state index contributed by atoms with van der Waals surface area (Å²) in [6.45, 7) is 3.63. The van der Waals surface area contributed by atoms with E-state index in [1.165, 1.54) is 30.1 Å². The Morgan fingerprint density at radius 2 is 1.90 bits per heavy atom. The molecule has 0 N–H and O–H groups in total. The molecule has 3 amide bonds. The van der Waals surface area contributed by atoms with Crippen molar-refractivity contribution in [3.8, 4) is 0 Å². The van der Waals surface area contributed by atoms with Crippen LogP contribution in [-0.4, -0.2) is 65.6 Å². The molecule has 2 aliphatic rings. The zero-order valence-corrected chi connectivity index (χ0v) is 18.4. The van der Waals surface area contributed by atoms with Gasteiger partial charge in [-0.25, -0.2) is 4.39 Å². The summed E-state index contributed by atoms with van der Waals surface area (Å²) in [6.07, 6.45) is 0.442. The molecule has 0 unspecified atom stereocenters. The molecule has 0 aliphatic carbocycles. The molecule has 0 bridgehead atoms. The highest BCUT2D eigenvalue weighted by Crippen LogP contribution is 2.41. The lowest BCUT2D eigenvalue weighted by Crippen LogP contribution is -2.44. The van der Waals surface area contributed by atoms with E-state index in [-0.39, 0.29) is 30.2 Å². The van der Waals surface area contributed by atoms with Gasteiger partial charge in [-0.1, -0.05) is 24.3 Å². The van der Waals surface area contributed by atoms with E-state index in [0.717, 1.165) is 31.0 Å². The molecule has 1 atom stereocenters. The van der Waals surface area contributed by atoms with Crippen molar-refractivity contribution in [1.29, 1.82) is 0 Å². The van der Waals surface area contributed by atoms with Crippen LogP contribution >= 0.6 is 11.3 Å². The molecule has 0 saturated carbocycles. The lowest BCUT2D eigenvalue weighted by Gasteiger charge is -2.30. The number of rotatable bonds is 5. The van der Waals surface area contributed by atoms with Crippen LogP contribution in [0.4, 0.5) is 4.39 Å². The fraction of sp³-hybridized carbons (Fsp3) is 0.435. The van der Waals surface area contributed by atoms with Crippen molar-refractivity contribution in [2.45, 2.75) is 31.2 Å². The summed E-state index contributed by atoms with van der Waals surface area (Å²) in [5, 5.41) is 2.06. The molecule has 2 aliphatic heterocycles. The van der Waals surface area contributed by atoms with Crippen LogP contribution in [0.5, 0.6) is 0 Å². The number of hydrogen-bond acceptors (Lipinski definition) is 5. The van der Waals surface area contributed by atoms with E-state index < -0.39 is 17.1 Å². The minimum absolute atomic E-state index is 0.125. The lowest BCUT2D eigenvalue weighted by molar-refractivity contribution is -0.141. The van der Waals surface area contributed by atoms with Crippen molar-refractivity contribution in [2.24, 2.45) is 0 Å². The van der Waals surface area contributed by atoms with Crippen molar-refractivity contribution < 1.29 is 18.8 Å². The predicted molar refractivity (Wildman–Crippen MR) is 116 cm³/mol. The van der Waals surface area contributed by atoms with Gasteiger partial charge in [-0.3, -0.25) is 24.2 Å². The van der Waals surface area contributed by atoms with E-state index in [9.17, 15) is 18.8 Å². The van der Waals surface area contributed by atoms with E-state index in [4.69, 9.17) is 0 Å². The minimum atomic E-state index is -1.47. The molecule has 1 aromatic heterocycles. The number of carbonyl (C=O) groups excluding carboxylic acids is 3. The van der Waals surface area contributed by atoms with Gasteiger partial charge in [-0.15, -0.1) is 11.3 Å². The van der Waals surface area contributed by atoms with Gasteiger partial charge >= 0.3 is 0 Å². The van der Waals surface area contributed by atoms with Crippen molar-refractivity contribution in [3.05, 3.63) is 58.0 Å². The molecule has 2 saturated heterocycles. The fourth-order valence-electron chi connectivity index (χ4n) is 4.55. The van der Waals surface area contributed by atoms with E-state index in [2.05, 4.69) is 16.3 Å². The Morgan fingerprint density at radius 3 is 2.58 bits per heavy atom. The summed E-state index contributed by atoms with van der Waals surface area (Å²) in [7, 11) is 1.39. The van der Waals surface area contributed by atoms with Gasteiger partial charge in [0.25, 0.3) is 0 Å². The second-order valence-corrected chi connectivity index (χ2v) is 9.30. The zero-order valence-electron chi connectivity index (χ0n) is 17.6. The Bertz CT molecular complexity index is 980. The van der Waals surface area contributed by atoms with Crippen molar-refractivity contribution in [2.75, 3.05) is 33.2 Å². The first-order chi connectivity index (χ1) is 14.9. The summed E-state index contributed by atoms with van der Waals surface area (Å²) in [5.41, 5.74) is -1.35. The normalized spacial score (nSPS) is 22.8. The monoisotopic (exact) mass is 443 g/mol. The number of nitrogens with zero attached hydrogens (tertiary/aromatic N) is 3. The molecule has 1 aromatic carbocycles. The van der Waals surface area contributed by atoms with Gasteiger partial charge in [0, 0.05) is 63.1 Å². The molecule has 2 fully saturated rings. The largest absolute Gasteiger partial charge is 0.341 e. The molecule has 3 heterocycles. The second-order valence-electron chi connectivity index (χ2n) is 8.26. The molecular formula is C23H26FN3O3S. The number of thiophene rings is 1. The third-order valence-corrected chi connectivity index (χ3v) is 7.15. The third-order valence-electron chi connectivity index (χ3n) is 6.28. The van der Waals surface area contributed by atoms with Crippen LogP contribution in [0.25, 0.3) is 0 Å². The predicted octanol–water partition coefficient (Wildman–Crippen LogP) is 2.64. The summed E-state index contributed by atoms with van der Waals surface area (Å²) in [4.78, 5) is 45.1. The topological polar surface area (TPSA) is 60.9 Å². The Kier molecular flexibility index (Phi) is 6.20. The smallest absolute Gasteiger partial charge is 0.240 e. The summed E-state index contributed by atoms with van der Waals surface area (Å²) in [6, 6.07) is 10.1. The summed E-state index contributed by atoms with van der Waals surface area (Å²) in [5.74, 6) is -1.67. The maximum absolute atomic E-state index is 14.7. The Morgan fingerprint density at radius 1 is 1.10 bits per heavy atom. The van der Waals surface area contributed by atoms with Gasteiger partial charge < -0.3 is 4.90 Å². The van der Waals surface area contributed by atoms with Crippen molar-refractivity contribution in [1.82, 2.24) is 14.7 Å². The molecule has 8 heteroatoms. The van der Waals surface area contributed by atoms with Crippen LogP contribution in [0.2, 0.25) is 0 Å². The number of imide groups is 1. The van der Waals surface area contributed by atoms with Crippen LogP contribution in [0.15, 0.2) is 41.8 Å². The van der Waals surface area contributed by atoms with Gasteiger partial charge in [0.2, 0.25) is 17.7 Å². The molecule has 0 radical (unpaired) electrons. The highest BCUT2D eigenvalue weighted by atomic mass is 32.1. The molecule has 164 valence electrons. The number of amides is 3. The lowest BCUT2D eigenvalue weighted by atomic mass is 9.75. The highest BCUT2D eigenvalue weighted by molar-refractivity contribution is 7.09. The molecular weight excluding hydrogens is 417 g/mol. The average molecular weight is 444 g/mol. The number of carbonyl (C=O) groups is 3. The standard InChI is InChI=1S/C23H26FN3O3S/c1-25-20(28)14-23(22(25)30,18-7-2-3-8-19(18)24)15-21(29)27-10-5-9-26(11-12-27)16-17-6-4-13-31-17/h2-4,6-8,13H,5,9-12,14-16H2,1H3/t23-/m0/s1. The Hall–Kier alpha value is -2.58. The number of likely N-dealkylation sites (N-methyl/N-ethyl adjacent to an activating group) is 1.